The van der Waals surface area contributed by atoms with Crippen LogP contribution in [0.4, 0.5) is 0 Å². The van der Waals surface area contributed by atoms with Crippen LogP contribution >= 0.6 is 0 Å². The van der Waals surface area contributed by atoms with E-state index in [9.17, 15) is 14.7 Å². The number of nitrogens with zero attached hydrogens (tertiary/aromatic N) is 1. The Hall–Kier alpha value is -3.02. The number of carboxylic acid groups (broad SMARTS) is 1. The number of rotatable bonds is 6. The number of hydrogen-bond acceptors (Lipinski definition) is 4. The molecule has 0 aromatic heterocycles. The minimum Gasteiger partial charge on any atom is -0.497 e. The average Bonchev–Trinajstić information content (AvgIpc) is 2.70. The van der Waals surface area contributed by atoms with Gasteiger partial charge < -0.3 is 19.5 Å². The van der Waals surface area contributed by atoms with Crippen molar-refractivity contribution in [1.82, 2.24) is 4.90 Å². The second kappa shape index (κ2) is 8.12. The number of carboxylic acids is 1. The molecular weight excluding hydrogens is 346 g/mol. The predicted molar refractivity (Wildman–Crippen MR) is 100.0 cm³/mol. The number of hydrogen-bond donors (Lipinski definition) is 1. The van der Waals surface area contributed by atoms with Crippen LogP contribution in [0.5, 0.6) is 11.5 Å². The zero-order valence-electron chi connectivity index (χ0n) is 15.5. The second-order valence-electron chi connectivity index (χ2n) is 6.57. The topological polar surface area (TPSA) is 76.1 Å². The van der Waals surface area contributed by atoms with Crippen LogP contribution in [0.2, 0.25) is 0 Å². The highest BCUT2D eigenvalue weighted by molar-refractivity contribution is 5.84. The molecule has 0 radical (unpaired) electrons. The first-order chi connectivity index (χ1) is 13.0. The molecule has 3 rings (SSSR count). The van der Waals surface area contributed by atoms with E-state index in [1.807, 2.05) is 36.4 Å². The maximum Gasteiger partial charge on any atom is 0.326 e. The molecule has 2 aromatic carbocycles. The fraction of sp³-hybridized carbons (Fsp3) is 0.333. The Morgan fingerprint density at radius 1 is 1.07 bits per heavy atom. The zero-order chi connectivity index (χ0) is 19.4. The monoisotopic (exact) mass is 369 g/mol. The molecule has 1 amide bonds. The zero-order valence-corrected chi connectivity index (χ0v) is 15.5. The van der Waals surface area contributed by atoms with Gasteiger partial charge in [0, 0.05) is 25.5 Å². The van der Waals surface area contributed by atoms with Gasteiger partial charge in [-0.2, -0.15) is 0 Å². The fourth-order valence-electron chi connectivity index (χ4n) is 3.41. The summed E-state index contributed by atoms with van der Waals surface area (Å²) in [7, 11) is 3.15. The molecule has 142 valence electrons. The highest BCUT2D eigenvalue weighted by Crippen LogP contribution is 2.26. The van der Waals surface area contributed by atoms with Gasteiger partial charge in [0.1, 0.15) is 17.5 Å². The Morgan fingerprint density at radius 2 is 1.70 bits per heavy atom. The van der Waals surface area contributed by atoms with Crippen LogP contribution in [-0.4, -0.2) is 42.1 Å². The molecule has 6 nitrogen and oxygen atoms in total. The Kier molecular flexibility index (Phi) is 5.64. The Morgan fingerprint density at radius 3 is 2.30 bits per heavy atom. The number of benzene rings is 2. The summed E-state index contributed by atoms with van der Waals surface area (Å²) in [5, 5.41) is 9.58. The van der Waals surface area contributed by atoms with Crippen molar-refractivity contribution in [3.05, 3.63) is 59.2 Å². The number of fused-ring (bicyclic) bond motifs is 1. The molecule has 0 fully saturated rings. The van der Waals surface area contributed by atoms with Crippen molar-refractivity contribution in [3.63, 3.8) is 0 Å². The molecule has 0 saturated heterocycles. The summed E-state index contributed by atoms with van der Waals surface area (Å²) in [5.41, 5.74) is 2.90. The molecule has 27 heavy (non-hydrogen) atoms. The number of methoxy groups -OCH3 is 2. The van der Waals surface area contributed by atoms with E-state index >= 15 is 0 Å². The molecule has 1 heterocycles. The number of aryl methyl sites for hydroxylation is 1. The standard InChI is InChI=1S/C21H23NO5/c1-26-17-9-14(10-18(12-17)27-2)7-8-20(23)22-13-16-6-4-3-5-15(16)11-19(22)21(24)25/h3-6,9-10,12,19H,7-8,11,13H2,1-2H3,(H,24,25)/t19-/m0/s1. The quantitative estimate of drug-likeness (QED) is 0.847. The van der Waals surface area contributed by atoms with E-state index < -0.39 is 12.0 Å². The van der Waals surface area contributed by atoms with Gasteiger partial charge in [-0.05, 0) is 35.2 Å². The third-order valence-electron chi connectivity index (χ3n) is 4.89. The minimum atomic E-state index is -0.971. The van der Waals surface area contributed by atoms with Gasteiger partial charge in [-0.25, -0.2) is 4.79 Å². The van der Waals surface area contributed by atoms with Crippen LogP contribution in [0.3, 0.4) is 0 Å². The summed E-state index contributed by atoms with van der Waals surface area (Å²) >= 11 is 0. The number of ether oxygens (including phenoxy) is 2. The van der Waals surface area contributed by atoms with Gasteiger partial charge in [0.2, 0.25) is 5.91 Å². The summed E-state index contributed by atoms with van der Waals surface area (Å²) in [6, 6.07) is 12.3. The Labute approximate surface area is 158 Å². The van der Waals surface area contributed by atoms with Crippen molar-refractivity contribution in [2.45, 2.75) is 31.8 Å². The molecule has 0 unspecified atom stereocenters. The lowest BCUT2D eigenvalue weighted by Crippen LogP contribution is -2.48. The smallest absolute Gasteiger partial charge is 0.326 e. The molecule has 6 heteroatoms. The first-order valence-electron chi connectivity index (χ1n) is 8.83. The van der Waals surface area contributed by atoms with E-state index in [0.717, 1.165) is 16.7 Å². The molecule has 0 spiro atoms. The maximum absolute atomic E-state index is 12.8. The van der Waals surface area contributed by atoms with Crippen molar-refractivity contribution in [1.29, 1.82) is 0 Å². The van der Waals surface area contributed by atoms with E-state index in [-0.39, 0.29) is 12.3 Å². The molecule has 1 aliphatic rings. The van der Waals surface area contributed by atoms with Gasteiger partial charge >= 0.3 is 5.97 Å². The third-order valence-corrected chi connectivity index (χ3v) is 4.89. The SMILES string of the molecule is COc1cc(CCC(=O)N2Cc3ccccc3C[C@H]2C(=O)O)cc(OC)c1. The first-order valence-corrected chi connectivity index (χ1v) is 8.83. The van der Waals surface area contributed by atoms with Gasteiger partial charge in [-0.1, -0.05) is 24.3 Å². The lowest BCUT2D eigenvalue weighted by Gasteiger charge is -2.34. The molecular formula is C21H23NO5. The van der Waals surface area contributed by atoms with Crippen LogP contribution in [0.25, 0.3) is 0 Å². The highest BCUT2D eigenvalue weighted by atomic mass is 16.5. The van der Waals surface area contributed by atoms with Crippen molar-refractivity contribution >= 4 is 11.9 Å². The largest absolute Gasteiger partial charge is 0.497 e. The Bertz CT molecular complexity index is 826. The summed E-state index contributed by atoms with van der Waals surface area (Å²) in [6.07, 6.45) is 1.05. The summed E-state index contributed by atoms with van der Waals surface area (Å²) in [5.74, 6) is 0.179. The minimum absolute atomic E-state index is 0.168. The number of carbonyl (C=O) groups is 2. The van der Waals surface area contributed by atoms with Crippen LogP contribution in [0, 0.1) is 0 Å². The second-order valence-corrected chi connectivity index (χ2v) is 6.57. The van der Waals surface area contributed by atoms with Crippen molar-refractivity contribution in [2.24, 2.45) is 0 Å². The molecule has 0 aliphatic carbocycles. The molecule has 2 aromatic rings. The van der Waals surface area contributed by atoms with Crippen molar-refractivity contribution in [2.75, 3.05) is 14.2 Å². The van der Waals surface area contributed by atoms with Crippen LogP contribution in [-0.2, 0) is 29.0 Å². The maximum atomic E-state index is 12.8. The van der Waals surface area contributed by atoms with Gasteiger partial charge in [-0.3, -0.25) is 4.79 Å². The molecule has 1 atom stereocenters. The lowest BCUT2D eigenvalue weighted by molar-refractivity contribution is -0.151. The first kappa shape index (κ1) is 18.8. The lowest BCUT2D eigenvalue weighted by atomic mass is 9.93. The summed E-state index contributed by atoms with van der Waals surface area (Å²) in [4.78, 5) is 26.0. The van der Waals surface area contributed by atoms with Gasteiger partial charge in [0.05, 0.1) is 14.2 Å². The van der Waals surface area contributed by atoms with Gasteiger partial charge in [0.15, 0.2) is 0 Å². The third kappa shape index (κ3) is 4.22. The number of aliphatic carboxylic acids is 1. The normalized spacial score (nSPS) is 15.8. The molecule has 0 saturated carbocycles. The predicted octanol–water partition coefficient (Wildman–Crippen LogP) is 2.67. The van der Waals surface area contributed by atoms with E-state index in [1.54, 1.807) is 20.3 Å². The molecule has 1 aliphatic heterocycles. The van der Waals surface area contributed by atoms with Crippen molar-refractivity contribution < 1.29 is 24.2 Å². The number of amides is 1. The van der Waals surface area contributed by atoms with E-state index in [0.29, 0.717) is 30.9 Å². The van der Waals surface area contributed by atoms with Crippen LogP contribution < -0.4 is 9.47 Å². The Balaban J connectivity index is 1.74. The summed E-state index contributed by atoms with van der Waals surface area (Å²) in [6.45, 7) is 0.327. The van der Waals surface area contributed by atoms with Crippen molar-refractivity contribution in [3.8, 4) is 11.5 Å². The van der Waals surface area contributed by atoms with Gasteiger partial charge in [-0.15, -0.1) is 0 Å². The van der Waals surface area contributed by atoms with Crippen LogP contribution in [0.1, 0.15) is 23.1 Å². The van der Waals surface area contributed by atoms with Gasteiger partial charge in [0.25, 0.3) is 0 Å². The molecule has 1 N–H and O–H groups in total. The summed E-state index contributed by atoms with van der Waals surface area (Å²) < 4.78 is 10.5. The van der Waals surface area contributed by atoms with E-state index in [4.69, 9.17) is 9.47 Å². The highest BCUT2D eigenvalue weighted by Gasteiger charge is 2.34. The number of carbonyl (C=O) groups excluding carboxylic acids is 1. The average molecular weight is 369 g/mol. The van der Waals surface area contributed by atoms with Crippen LogP contribution in [0.15, 0.2) is 42.5 Å². The fourth-order valence-corrected chi connectivity index (χ4v) is 3.41. The van der Waals surface area contributed by atoms with E-state index in [1.165, 1.54) is 4.90 Å². The molecule has 0 bridgehead atoms. The van der Waals surface area contributed by atoms with E-state index in [2.05, 4.69) is 0 Å².